The van der Waals surface area contributed by atoms with Crippen molar-refractivity contribution in [1.29, 1.82) is 0 Å². The van der Waals surface area contributed by atoms with Gasteiger partial charge in [0.15, 0.2) is 0 Å². The van der Waals surface area contributed by atoms with E-state index in [2.05, 4.69) is 15.9 Å². The molecule has 0 N–H and O–H groups in total. The van der Waals surface area contributed by atoms with E-state index in [1.807, 2.05) is 20.8 Å². The Morgan fingerprint density at radius 2 is 1.87 bits per heavy atom. The highest BCUT2D eigenvalue weighted by molar-refractivity contribution is 9.10. The monoisotopic (exact) mass is 292 g/mol. The zero-order valence-electron chi connectivity index (χ0n) is 9.10. The van der Waals surface area contributed by atoms with Gasteiger partial charge in [0.05, 0.1) is 0 Å². The van der Waals surface area contributed by atoms with Gasteiger partial charge in [0.2, 0.25) is 0 Å². The maximum Gasteiger partial charge on any atom is 0.126 e. The van der Waals surface area contributed by atoms with Crippen molar-refractivity contribution in [2.45, 2.75) is 32.1 Å². The summed E-state index contributed by atoms with van der Waals surface area (Å²) < 4.78 is 14.5. The second-order valence-corrected chi connectivity index (χ2v) is 5.56. The molecule has 0 amide bonds. The van der Waals surface area contributed by atoms with Crippen LogP contribution in [0.15, 0.2) is 22.7 Å². The van der Waals surface area contributed by atoms with Gasteiger partial charge in [-0.15, -0.1) is 11.6 Å². The summed E-state index contributed by atoms with van der Waals surface area (Å²) in [6.07, 6.45) is 0. The maximum atomic E-state index is 13.6. The highest BCUT2D eigenvalue weighted by Gasteiger charge is 2.22. The molecule has 15 heavy (non-hydrogen) atoms. The lowest BCUT2D eigenvalue weighted by atomic mass is 9.91. The van der Waals surface area contributed by atoms with E-state index in [1.165, 1.54) is 6.07 Å². The fourth-order valence-electron chi connectivity index (χ4n) is 1.61. The van der Waals surface area contributed by atoms with Crippen molar-refractivity contribution in [2.75, 3.05) is 0 Å². The van der Waals surface area contributed by atoms with Crippen LogP contribution in [0.2, 0.25) is 0 Å². The van der Waals surface area contributed by atoms with Crippen LogP contribution in [0, 0.1) is 11.7 Å². The lowest BCUT2D eigenvalue weighted by Gasteiger charge is -2.22. The third-order valence-corrected chi connectivity index (χ3v) is 3.94. The first kappa shape index (κ1) is 13.0. The smallest absolute Gasteiger partial charge is 0.126 e. The summed E-state index contributed by atoms with van der Waals surface area (Å²) in [6.45, 7) is 6.05. The molecule has 1 aromatic carbocycles. The fourth-order valence-corrected chi connectivity index (χ4v) is 2.13. The minimum Gasteiger partial charge on any atom is -0.207 e. The van der Waals surface area contributed by atoms with Gasteiger partial charge >= 0.3 is 0 Å². The quantitative estimate of drug-likeness (QED) is 0.691. The number of alkyl halides is 1. The molecule has 0 aliphatic heterocycles. The van der Waals surface area contributed by atoms with E-state index >= 15 is 0 Å². The molecule has 1 rings (SSSR count). The van der Waals surface area contributed by atoms with Crippen LogP contribution in [0.1, 0.15) is 32.3 Å². The molecule has 2 atom stereocenters. The molecule has 0 aliphatic carbocycles. The van der Waals surface area contributed by atoms with Crippen LogP contribution in [-0.2, 0) is 0 Å². The SMILES string of the molecule is CC(C)C(Cl)C(C)c1cc(Br)ccc1F. The Morgan fingerprint density at radius 1 is 1.27 bits per heavy atom. The lowest BCUT2D eigenvalue weighted by Crippen LogP contribution is -2.17. The van der Waals surface area contributed by atoms with Crippen LogP contribution >= 0.6 is 27.5 Å². The standard InChI is InChI=1S/C12H15BrClF/c1-7(2)12(14)8(3)10-6-9(13)4-5-11(10)15/h4-8,12H,1-3H3. The molecule has 84 valence electrons. The fraction of sp³-hybridized carbons (Fsp3) is 0.500. The minimum absolute atomic E-state index is 0.0177. The zero-order valence-corrected chi connectivity index (χ0v) is 11.4. The first-order valence-corrected chi connectivity index (χ1v) is 6.25. The summed E-state index contributed by atoms with van der Waals surface area (Å²) in [5, 5.41) is -0.0474. The Morgan fingerprint density at radius 3 is 2.40 bits per heavy atom. The number of benzene rings is 1. The number of rotatable bonds is 3. The summed E-state index contributed by atoms with van der Waals surface area (Å²) in [5.41, 5.74) is 0.679. The molecule has 1 aromatic rings. The third kappa shape index (κ3) is 3.18. The third-order valence-electron chi connectivity index (χ3n) is 2.56. The van der Waals surface area contributed by atoms with Crippen LogP contribution in [-0.4, -0.2) is 5.38 Å². The Labute approximate surface area is 104 Å². The highest BCUT2D eigenvalue weighted by atomic mass is 79.9. The molecule has 0 fully saturated rings. The Hall–Kier alpha value is -0.0800. The van der Waals surface area contributed by atoms with E-state index in [4.69, 9.17) is 11.6 Å². The van der Waals surface area contributed by atoms with Gasteiger partial charge < -0.3 is 0 Å². The molecular weight excluding hydrogens is 278 g/mol. The van der Waals surface area contributed by atoms with E-state index in [0.29, 0.717) is 11.5 Å². The number of hydrogen-bond donors (Lipinski definition) is 0. The van der Waals surface area contributed by atoms with Crippen LogP contribution in [0.4, 0.5) is 4.39 Å². The van der Waals surface area contributed by atoms with Crippen LogP contribution < -0.4 is 0 Å². The molecular formula is C12H15BrClF. The first-order valence-electron chi connectivity index (χ1n) is 5.02. The first-order chi connectivity index (χ1) is 6.93. The van der Waals surface area contributed by atoms with Gasteiger partial charge in [0, 0.05) is 15.8 Å². The summed E-state index contributed by atoms with van der Waals surface area (Å²) in [4.78, 5) is 0. The largest absolute Gasteiger partial charge is 0.207 e. The van der Waals surface area contributed by atoms with Gasteiger partial charge in [0.25, 0.3) is 0 Å². The van der Waals surface area contributed by atoms with Crippen LogP contribution in [0.5, 0.6) is 0 Å². The second kappa shape index (κ2) is 5.31. The molecule has 0 saturated carbocycles. The van der Waals surface area contributed by atoms with Gasteiger partial charge in [-0.2, -0.15) is 0 Å². The van der Waals surface area contributed by atoms with Crippen LogP contribution in [0.25, 0.3) is 0 Å². The summed E-state index contributed by atoms with van der Waals surface area (Å²) in [5.74, 6) is 0.168. The normalized spacial score (nSPS) is 15.4. The van der Waals surface area contributed by atoms with E-state index in [-0.39, 0.29) is 17.1 Å². The molecule has 3 heteroatoms. The highest BCUT2D eigenvalue weighted by Crippen LogP contribution is 2.31. The summed E-state index contributed by atoms with van der Waals surface area (Å²) in [7, 11) is 0. The predicted octanol–water partition coefficient (Wildman–Crippen LogP) is 4.96. The van der Waals surface area contributed by atoms with Crippen molar-refractivity contribution in [3.63, 3.8) is 0 Å². The molecule has 0 saturated heterocycles. The molecule has 0 nitrogen and oxygen atoms in total. The van der Waals surface area contributed by atoms with Crippen molar-refractivity contribution in [1.82, 2.24) is 0 Å². The van der Waals surface area contributed by atoms with Crippen molar-refractivity contribution < 1.29 is 4.39 Å². The minimum atomic E-state index is -0.183. The van der Waals surface area contributed by atoms with Crippen molar-refractivity contribution in [2.24, 2.45) is 5.92 Å². The zero-order chi connectivity index (χ0) is 11.6. The Bertz CT molecular complexity index is 338. The van der Waals surface area contributed by atoms with E-state index in [0.717, 1.165) is 4.47 Å². The van der Waals surface area contributed by atoms with Gasteiger partial charge in [-0.25, -0.2) is 4.39 Å². The molecule has 0 radical (unpaired) electrons. The molecule has 0 aromatic heterocycles. The summed E-state index contributed by atoms with van der Waals surface area (Å²) in [6, 6.07) is 4.97. The van der Waals surface area contributed by atoms with Crippen LogP contribution in [0.3, 0.4) is 0 Å². The van der Waals surface area contributed by atoms with E-state index in [9.17, 15) is 4.39 Å². The summed E-state index contributed by atoms with van der Waals surface area (Å²) >= 11 is 9.58. The number of halogens is 3. The molecule has 0 aliphatic rings. The van der Waals surface area contributed by atoms with E-state index in [1.54, 1.807) is 12.1 Å². The molecule has 0 bridgehead atoms. The van der Waals surface area contributed by atoms with Crippen molar-refractivity contribution >= 4 is 27.5 Å². The number of hydrogen-bond acceptors (Lipinski definition) is 0. The maximum absolute atomic E-state index is 13.6. The lowest BCUT2D eigenvalue weighted by molar-refractivity contribution is 0.509. The molecule has 0 heterocycles. The molecule has 2 unspecified atom stereocenters. The van der Waals surface area contributed by atoms with Gasteiger partial charge in [-0.05, 0) is 29.7 Å². The topological polar surface area (TPSA) is 0 Å². The van der Waals surface area contributed by atoms with Gasteiger partial charge in [0.1, 0.15) is 5.82 Å². The second-order valence-electron chi connectivity index (χ2n) is 4.14. The average Bonchev–Trinajstić information content (AvgIpc) is 2.19. The average molecular weight is 294 g/mol. The molecule has 0 spiro atoms. The van der Waals surface area contributed by atoms with Crippen molar-refractivity contribution in [3.05, 3.63) is 34.1 Å². The van der Waals surface area contributed by atoms with Gasteiger partial charge in [-0.1, -0.05) is 36.7 Å². The van der Waals surface area contributed by atoms with Crippen molar-refractivity contribution in [3.8, 4) is 0 Å². The van der Waals surface area contributed by atoms with Gasteiger partial charge in [-0.3, -0.25) is 0 Å². The Balaban J connectivity index is 2.99. The Kier molecular flexibility index (Phi) is 4.60. The predicted molar refractivity (Wildman–Crippen MR) is 67.0 cm³/mol. The van der Waals surface area contributed by atoms with E-state index < -0.39 is 0 Å².